The van der Waals surface area contributed by atoms with E-state index in [1.165, 1.54) is 25.2 Å². The Morgan fingerprint density at radius 1 is 1.28 bits per heavy atom. The molecule has 96 valence electrons. The third kappa shape index (κ3) is 3.85. The number of nitro benzene ring substituents is 1. The maximum Gasteiger partial charge on any atom is 0.273 e. The Morgan fingerprint density at radius 2 is 1.94 bits per heavy atom. The number of amides is 2. The Balaban J connectivity index is 2.65. The molecule has 0 aliphatic heterocycles. The van der Waals surface area contributed by atoms with Crippen LogP contribution in [-0.2, 0) is 16.0 Å². The predicted octanol–water partition coefficient (Wildman–Crippen LogP) is -0.000500. The van der Waals surface area contributed by atoms with Crippen LogP contribution in [0.3, 0.4) is 0 Å². The van der Waals surface area contributed by atoms with Crippen LogP contribution in [0.25, 0.3) is 0 Å². The van der Waals surface area contributed by atoms with Crippen LogP contribution in [0.15, 0.2) is 24.3 Å². The minimum Gasteiger partial charge on any atom is -0.358 e. The molecule has 0 aliphatic rings. The lowest BCUT2D eigenvalue weighted by atomic mass is 10.1. The number of nitrogens with one attached hydrogen (secondary N) is 2. The molecule has 2 N–H and O–H groups in total. The fourth-order valence-electron chi connectivity index (χ4n) is 1.34. The number of nitro groups is 1. The summed E-state index contributed by atoms with van der Waals surface area (Å²) < 4.78 is 0. The van der Waals surface area contributed by atoms with Crippen molar-refractivity contribution in [2.45, 2.75) is 6.42 Å². The Labute approximate surface area is 103 Å². The zero-order valence-electron chi connectivity index (χ0n) is 9.80. The van der Waals surface area contributed by atoms with Crippen LogP contribution in [0.5, 0.6) is 0 Å². The summed E-state index contributed by atoms with van der Waals surface area (Å²) in [5.41, 5.74) is 0.212. The summed E-state index contributed by atoms with van der Waals surface area (Å²) in [5.74, 6) is -0.765. The molecule has 0 saturated heterocycles. The van der Waals surface area contributed by atoms with Gasteiger partial charge in [0.1, 0.15) is 0 Å². The zero-order valence-corrected chi connectivity index (χ0v) is 9.80. The summed E-state index contributed by atoms with van der Waals surface area (Å²) >= 11 is 0. The molecule has 0 bridgehead atoms. The summed E-state index contributed by atoms with van der Waals surface area (Å²) in [6.45, 7) is -0.143. The number of nitrogens with zero attached hydrogens (tertiary/aromatic N) is 1. The van der Waals surface area contributed by atoms with Gasteiger partial charge in [0.05, 0.1) is 17.9 Å². The molecule has 1 rings (SSSR count). The monoisotopic (exact) mass is 251 g/mol. The summed E-state index contributed by atoms with van der Waals surface area (Å²) in [5, 5.41) is 15.5. The number of hydrogen-bond acceptors (Lipinski definition) is 4. The number of likely N-dealkylation sites (N-methyl/N-ethyl adjacent to an activating group) is 1. The molecule has 0 aromatic heterocycles. The lowest BCUT2D eigenvalue weighted by Crippen LogP contribution is -2.35. The highest BCUT2D eigenvalue weighted by molar-refractivity contribution is 5.85. The van der Waals surface area contributed by atoms with Crippen LogP contribution in [-0.4, -0.2) is 30.3 Å². The Morgan fingerprint density at radius 3 is 2.56 bits per heavy atom. The summed E-state index contributed by atoms with van der Waals surface area (Å²) in [6, 6.07) is 6.00. The summed E-state index contributed by atoms with van der Waals surface area (Å²) in [6.07, 6.45) is -0.131. The highest BCUT2D eigenvalue weighted by Gasteiger charge is 2.15. The van der Waals surface area contributed by atoms with Gasteiger partial charge in [0.15, 0.2) is 0 Å². The third-order valence-corrected chi connectivity index (χ3v) is 2.26. The smallest absolute Gasteiger partial charge is 0.273 e. The van der Waals surface area contributed by atoms with Gasteiger partial charge in [-0.1, -0.05) is 18.2 Å². The lowest BCUT2D eigenvalue weighted by Gasteiger charge is -2.04. The van der Waals surface area contributed by atoms with Crippen molar-refractivity contribution in [2.24, 2.45) is 0 Å². The first-order chi connectivity index (χ1) is 8.54. The lowest BCUT2D eigenvalue weighted by molar-refractivity contribution is -0.385. The largest absolute Gasteiger partial charge is 0.358 e. The van der Waals surface area contributed by atoms with E-state index in [1.807, 2.05) is 0 Å². The standard InChI is InChI=1S/C11H13N3O4/c1-12-11(16)7-13-10(15)6-8-4-2-3-5-9(8)14(17)18/h2-5H,6-7H2,1H3,(H,12,16)(H,13,15). The van der Waals surface area contributed by atoms with E-state index in [2.05, 4.69) is 10.6 Å². The topological polar surface area (TPSA) is 101 Å². The molecule has 7 nitrogen and oxygen atoms in total. The Kier molecular flexibility index (Phi) is 4.79. The summed E-state index contributed by atoms with van der Waals surface area (Å²) in [7, 11) is 1.45. The van der Waals surface area contributed by atoms with Crippen LogP contribution in [0.2, 0.25) is 0 Å². The van der Waals surface area contributed by atoms with Gasteiger partial charge >= 0.3 is 0 Å². The van der Waals surface area contributed by atoms with Crippen LogP contribution in [0.1, 0.15) is 5.56 Å². The number of benzene rings is 1. The van der Waals surface area contributed by atoms with Crippen molar-refractivity contribution < 1.29 is 14.5 Å². The molecule has 0 spiro atoms. The fourth-order valence-corrected chi connectivity index (χ4v) is 1.34. The molecule has 2 amide bonds. The van der Waals surface area contributed by atoms with Gasteiger partial charge in [-0.2, -0.15) is 0 Å². The van der Waals surface area contributed by atoms with Crippen LogP contribution >= 0.6 is 0 Å². The minimum absolute atomic E-state index is 0.104. The van der Waals surface area contributed by atoms with E-state index in [1.54, 1.807) is 6.07 Å². The molecule has 0 fully saturated rings. The van der Waals surface area contributed by atoms with Crippen molar-refractivity contribution in [3.63, 3.8) is 0 Å². The Hall–Kier alpha value is -2.44. The number of carbonyl (C=O) groups excluding carboxylic acids is 2. The van der Waals surface area contributed by atoms with Gasteiger partial charge in [0, 0.05) is 18.7 Å². The van der Waals surface area contributed by atoms with Gasteiger partial charge in [-0.25, -0.2) is 0 Å². The molecular formula is C11H13N3O4. The molecule has 0 unspecified atom stereocenters. The minimum atomic E-state index is -0.540. The van der Waals surface area contributed by atoms with E-state index in [0.29, 0.717) is 5.56 Å². The molecule has 0 saturated carbocycles. The molecular weight excluding hydrogens is 238 g/mol. The first kappa shape index (κ1) is 13.6. The number of hydrogen-bond donors (Lipinski definition) is 2. The highest BCUT2D eigenvalue weighted by Crippen LogP contribution is 2.17. The molecule has 1 aromatic carbocycles. The average molecular weight is 251 g/mol. The first-order valence-electron chi connectivity index (χ1n) is 5.24. The second kappa shape index (κ2) is 6.33. The van der Waals surface area contributed by atoms with Gasteiger partial charge in [0.2, 0.25) is 11.8 Å². The predicted molar refractivity (Wildman–Crippen MR) is 63.9 cm³/mol. The molecule has 0 aliphatic carbocycles. The number of carbonyl (C=O) groups is 2. The van der Waals surface area contributed by atoms with E-state index in [9.17, 15) is 19.7 Å². The maximum absolute atomic E-state index is 11.5. The van der Waals surface area contributed by atoms with Crippen molar-refractivity contribution in [3.8, 4) is 0 Å². The van der Waals surface area contributed by atoms with E-state index < -0.39 is 10.8 Å². The molecule has 0 radical (unpaired) electrons. The molecule has 18 heavy (non-hydrogen) atoms. The van der Waals surface area contributed by atoms with Gasteiger partial charge in [-0.15, -0.1) is 0 Å². The third-order valence-electron chi connectivity index (χ3n) is 2.26. The van der Waals surface area contributed by atoms with E-state index in [0.717, 1.165) is 0 Å². The van der Waals surface area contributed by atoms with Gasteiger partial charge < -0.3 is 10.6 Å². The van der Waals surface area contributed by atoms with Crippen molar-refractivity contribution >= 4 is 17.5 Å². The fraction of sp³-hybridized carbons (Fsp3) is 0.273. The normalized spacial score (nSPS) is 9.61. The quantitative estimate of drug-likeness (QED) is 0.568. The maximum atomic E-state index is 11.5. The van der Waals surface area contributed by atoms with Crippen LogP contribution in [0.4, 0.5) is 5.69 Å². The SMILES string of the molecule is CNC(=O)CNC(=O)Cc1ccccc1[N+](=O)[O-]. The van der Waals surface area contributed by atoms with Crippen LogP contribution < -0.4 is 10.6 Å². The molecule has 1 aromatic rings. The van der Waals surface area contributed by atoms with E-state index >= 15 is 0 Å². The number of para-hydroxylation sites is 1. The molecule has 0 heterocycles. The van der Waals surface area contributed by atoms with Crippen molar-refractivity contribution in [2.75, 3.05) is 13.6 Å². The van der Waals surface area contributed by atoms with E-state index in [-0.39, 0.29) is 24.6 Å². The summed E-state index contributed by atoms with van der Waals surface area (Å²) in [4.78, 5) is 32.6. The molecule has 0 atom stereocenters. The number of rotatable bonds is 5. The van der Waals surface area contributed by atoms with Gasteiger partial charge in [0.25, 0.3) is 5.69 Å². The molecule has 7 heteroatoms. The van der Waals surface area contributed by atoms with Crippen molar-refractivity contribution in [3.05, 3.63) is 39.9 Å². The van der Waals surface area contributed by atoms with Crippen molar-refractivity contribution in [1.82, 2.24) is 10.6 Å². The van der Waals surface area contributed by atoms with Crippen LogP contribution in [0, 0.1) is 10.1 Å². The average Bonchev–Trinajstić information content (AvgIpc) is 2.36. The van der Waals surface area contributed by atoms with Gasteiger partial charge in [-0.3, -0.25) is 19.7 Å². The van der Waals surface area contributed by atoms with E-state index in [4.69, 9.17) is 0 Å². The second-order valence-corrected chi connectivity index (χ2v) is 3.51. The van der Waals surface area contributed by atoms with Crippen molar-refractivity contribution in [1.29, 1.82) is 0 Å². The highest BCUT2D eigenvalue weighted by atomic mass is 16.6. The van der Waals surface area contributed by atoms with Gasteiger partial charge in [-0.05, 0) is 0 Å². The first-order valence-corrected chi connectivity index (χ1v) is 5.24. The zero-order chi connectivity index (χ0) is 13.5. The Bertz CT molecular complexity index is 473. The second-order valence-electron chi connectivity index (χ2n) is 3.51.